The SMILES string of the molecule is c1ccc(-c2ccc(-c3cc(-c4ccc(-n5c6ccccc6c6c7oc(-c8ccccc8)nc7ccc65)cc4)nc(-c4ccccc4)n3)cc2)cc1.c1ccc(-c2ccc(-c3cc(-c4ccccc4)nc(-c4ccc(-n5c6ccccc6c6c7oc(-c8ccccc8)nc7ccc65)cc4)n3)cc2)cc1. The number of hydrogen-bond donors (Lipinski definition) is 0. The summed E-state index contributed by atoms with van der Waals surface area (Å²) in [6.45, 7) is 0. The summed E-state index contributed by atoms with van der Waals surface area (Å²) in [5.41, 5.74) is 25.8. The van der Waals surface area contributed by atoms with Crippen LogP contribution in [0, 0.1) is 0 Å². The highest BCUT2D eigenvalue weighted by molar-refractivity contribution is 6.20. The highest BCUT2D eigenvalue weighted by atomic mass is 16.4. The number of para-hydroxylation sites is 2. The summed E-state index contributed by atoms with van der Waals surface area (Å²) in [6, 6.07) is 125. The minimum atomic E-state index is 0.619. The Morgan fingerprint density at radius 1 is 0.202 bits per heavy atom. The van der Waals surface area contributed by atoms with Crippen LogP contribution in [0.15, 0.2) is 373 Å². The lowest BCUT2D eigenvalue weighted by Crippen LogP contribution is -1.97. The molecule has 20 aromatic rings. The molecule has 0 saturated carbocycles. The molecule has 0 saturated heterocycles. The van der Waals surface area contributed by atoms with Gasteiger partial charge < -0.3 is 18.0 Å². The van der Waals surface area contributed by atoms with Crippen molar-refractivity contribution in [2.75, 3.05) is 0 Å². The van der Waals surface area contributed by atoms with E-state index >= 15 is 0 Å². The molecule has 0 atom stereocenters. The lowest BCUT2D eigenvalue weighted by atomic mass is 10.0. The zero-order valence-corrected chi connectivity index (χ0v) is 56.0. The van der Waals surface area contributed by atoms with Crippen molar-refractivity contribution in [2.24, 2.45) is 0 Å². The number of nitrogens with zero attached hydrogens (tertiary/aromatic N) is 8. The largest absolute Gasteiger partial charge is 0.435 e. The second kappa shape index (κ2) is 26.1. The van der Waals surface area contributed by atoms with Gasteiger partial charge >= 0.3 is 0 Å². The van der Waals surface area contributed by atoms with Crippen molar-refractivity contribution >= 4 is 65.8 Å². The molecule has 10 nitrogen and oxygen atoms in total. The molecule has 6 heterocycles. The lowest BCUT2D eigenvalue weighted by molar-refractivity contribution is 0.622. The Kier molecular flexibility index (Phi) is 15.3. The molecule has 0 aliphatic carbocycles. The summed E-state index contributed by atoms with van der Waals surface area (Å²) in [6.07, 6.45) is 0. The highest BCUT2D eigenvalue weighted by Gasteiger charge is 2.23. The first-order valence-corrected chi connectivity index (χ1v) is 34.7. The Bertz CT molecular complexity index is 6120. The zero-order chi connectivity index (χ0) is 68.9. The summed E-state index contributed by atoms with van der Waals surface area (Å²) in [5.74, 6) is 2.61. The van der Waals surface area contributed by atoms with Gasteiger partial charge in [0.05, 0.1) is 55.6 Å². The molecule has 0 aliphatic heterocycles. The van der Waals surface area contributed by atoms with Gasteiger partial charge in [-0.1, -0.05) is 255 Å². The van der Waals surface area contributed by atoms with Crippen LogP contribution in [0.3, 0.4) is 0 Å². The monoisotopic (exact) mass is 1330 g/mol. The van der Waals surface area contributed by atoms with Crippen LogP contribution in [0.5, 0.6) is 0 Å². The van der Waals surface area contributed by atoms with Gasteiger partial charge in [-0.3, -0.25) is 0 Å². The maximum Gasteiger partial charge on any atom is 0.227 e. The van der Waals surface area contributed by atoms with Crippen molar-refractivity contribution in [1.82, 2.24) is 39.0 Å². The molecule has 20 rings (SSSR count). The van der Waals surface area contributed by atoms with Crippen molar-refractivity contribution in [1.29, 1.82) is 0 Å². The molecule has 0 aliphatic rings. The van der Waals surface area contributed by atoms with E-state index < -0.39 is 0 Å². The Morgan fingerprint density at radius 3 is 0.846 bits per heavy atom. The average Bonchev–Trinajstić information content (AvgIpc) is 1.58. The number of hydrogen-bond acceptors (Lipinski definition) is 8. The van der Waals surface area contributed by atoms with Gasteiger partial charge in [-0.2, -0.15) is 0 Å². The molecule has 488 valence electrons. The van der Waals surface area contributed by atoms with Crippen LogP contribution >= 0.6 is 0 Å². The van der Waals surface area contributed by atoms with Gasteiger partial charge in [0.25, 0.3) is 0 Å². The van der Waals surface area contributed by atoms with Crippen LogP contribution in [0.4, 0.5) is 0 Å². The van der Waals surface area contributed by atoms with Crippen LogP contribution in [0.25, 0.3) is 190 Å². The van der Waals surface area contributed by atoms with Gasteiger partial charge in [-0.15, -0.1) is 0 Å². The summed E-state index contributed by atoms with van der Waals surface area (Å²) in [5, 5.41) is 4.34. The van der Waals surface area contributed by atoms with E-state index in [1.807, 2.05) is 115 Å². The minimum absolute atomic E-state index is 0.619. The third-order valence-electron chi connectivity index (χ3n) is 19.4. The second-order valence-electron chi connectivity index (χ2n) is 25.7. The van der Waals surface area contributed by atoms with Crippen molar-refractivity contribution in [3.05, 3.63) is 364 Å². The molecular weight excluding hydrogens is 1270 g/mol. The van der Waals surface area contributed by atoms with Crippen molar-refractivity contribution in [3.8, 4) is 124 Å². The predicted molar refractivity (Wildman–Crippen MR) is 422 cm³/mol. The third kappa shape index (κ3) is 11.3. The van der Waals surface area contributed by atoms with Crippen molar-refractivity contribution in [2.45, 2.75) is 0 Å². The van der Waals surface area contributed by atoms with Crippen molar-refractivity contribution < 1.29 is 8.83 Å². The van der Waals surface area contributed by atoms with E-state index in [4.69, 9.17) is 38.7 Å². The minimum Gasteiger partial charge on any atom is -0.435 e. The maximum atomic E-state index is 6.49. The standard InChI is InChI=1S/2C47H30N4O/c1-4-12-31(13-5-1)32-20-22-33(23-21-32)40-30-41(49-46(48-40)35-14-6-2-7-15-35)34-24-26-37(27-25-34)51-42-19-11-10-18-38(42)44-43(51)29-28-39-45(44)52-47(50-39)36-16-8-3-9-17-36;1-4-12-31(13-5-1)32-20-22-34(23-21-32)41-30-40(33-14-6-2-7-15-33)48-46(49-41)35-24-26-37(27-25-35)51-42-19-11-10-18-38(42)44-43(51)29-28-39-45(44)52-47(50-39)36-16-8-3-9-17-36/h2*1-30H. The average molecular weight is 1330 g/mol. The normalized spacial score (nSPS) is 11.5. The number of aromatic nitrogens is 8. The molecule has 0 N–H and O–H groups in total. The fourth-order valence-corrected chi connectivity index (χ4v) is 14.2. The van der Waals surface area contributed by atoms with Crippen LogP contribution in [-0.2, 0) is 0 Å². The van der Waals surface area contributed by atoms with Crippen LogP contribution in [0.2, 0.25) is 0 Å². The Hall–Kier alpha value is -14.2. The van der Waals surface area contributed by atoms with Gasteiger partial charge in [0, 0.05) is 66.7 Å². The van der Waals surface area contributed by atoms with Crippen LogP contribution in [0.1, 0.15) is 0 Å². The van der Waals surface area contributed by atoms with Gasteiger partial charge in [0.15, 0.2) is 22.8 Å². The van der Waals surface area contributed by atoms with E-state index in [1.165, 1.54) is 22.3 Å². The summed E-state index contributed by atoms with van der Waals surface area (Å²) >= 11 is 0. The van der Waals surface area contributed by atoms with E-state index in [2.05, 4.69) is 258 Å². The van der Waals surface area contributed by atoms with E-state index in [-0.39, 0.29) is 0 Å². The molecule has 0 unspecified atom stereocenters. The molecule has 0 fully saturated rings. The number of oxazole rings is 2. The molecule has 0 amide bonds. The third-order valence-corrected chi connectivity index (χ3v) is 19.4. The lowest BCUT2D eigenvalue weighted by Gasteiger charge is -2.12. The first-order valence-electron chi connectivity index (χ1n) is 34.7. The molecule has 6 aromatic heterocycles. The molecule has 0 spiro atoms. The van der Waals surface area contributed by atoms with E-state index in [0.717, 1.165) is 144 Å². The molecule has 14 aromatic carbocycles. The molecule has 10 heteroatoms. The summed E-state index contributed by atoms with van der Waals surface area (Å²) in [4.78, 5) is 30.0. The fraction of sp³-hybridized carbons (Fsp3) is 0. The van der Waals surface area contributed by atoms with Crippen LogP contribution < -0.4 is 0 Å². The zero-order valence-electron chi connectivity index (χ0n) is 56.0. The number of fused-ring (bicyclic) bond motifs is 10. The first-order chi connectivity index (χ1) is 51.5. The quantitative estimate of drug-likeness (QED) is 0.119. The number of rotatable bonds is 12. The van der Waals surface area contributed by atoms with Gasteiger partial charge in [0.1, 0.15) is 11.0 Å². The van der Waals surface area contributed by atoms with E-state index in [9.17, 15) is 0 Å². The molecule has 0 bridgehead atoms. The topological polar surface area (TPSA) is 113 Å². The van der Waals surface area contributed by atoms with E-state index in [1.54, 1.807) is 0 Å². The Morgan fingerprint density at radius 2 is 0.471 bits per heavy atom. The predicted octanol–water partition coefficient (Wildman–Crippen LogP) is 24.1. The van der Waals surface area contributed by atoms with Crippen LogP contribution in [-0.4, -0.2) is 39.0 Å². The smallest absolute Gasteiger partial charge is 0.227 e. The fourth-order valence-electron chi connectivity index (χ4n) is 14.2. The Balaban J connectivity index is 0.000000143. The summed E-state index contributed by atoms with van der Waals surface area (Å²) < 4.78 is 17.6. The second-order valence-corrected chi connectivity index (χ2v) is 25.7. The van der Waals surface area contributed by atoms with E-state index in [0.29, 0.717) is 23.4 Å². The van der Waals surface area contributed by atoms with Gasteiger partial charge in [-0.25, -0.2) is 29.9 Å². The molecule has 104 heavy (non-hydrogen) atoms. The van der Waals surface area contributed by atoms with Gasteiger partial charge in [0.2, 0.25) is 11.8 Å². The highest BCUT2D eigenvalue weighted by Crippen LogP contribution is 2.42. The Labute approximate surface area is 598 Å². The van der Waals surface area contributed by atoms with Gasteiger partial charge in [-0.05, 0) is 131 Å². The molecule has 0 radical (unpaired) electrons. The maximum absolute atomic E-state index is 6.49. The summed E-state index contributed by atoms with van der Waals surface area (Å²) in [7, 11) is 0. The molecular formula is C94H60N8O2. The first kappa shape index (κ1) is 60.9. The number of benzene rings is 14. The van der Waals surface area contributed by atoms with Crippen molar-refractivity contribution in [3.63, 3.8) is 0 Å².